The summed E-state index contributed by atoms with van der Waals surface area (Å²) in [5.41, 5.74) is 0. The average Bonchev–Trinajstić information content (AvgIpc) is 3.25. The second kappa shape index (κ2) is 9.85. The first kappa shape index (κ1) is 19.8. The Bertz CT molecular complexity index is 627. The number of rotatable bonds is 8. The Hall–Kier alpha value is -0.920. The fourth-order valence-electron chi connectivity index (χ4n) is 3.13. The Morgan fingerprint density at radius 2 is 2.19 bits per heavy atom. The van der Waals surface area contributed by atoms with Crippen LogP contribution in [0.25, 0.3) is 0 Å². The van der Waals surface area contributed by atoms with Crippen molar-refractivity contribution in [3.05, 3.63) is 33.0 Å². The van der Waals surface area contributed by atoms with Crippen molar-refractivity contribution < 1.29 is 19.0 Å². The highest BCUT2D eigenvalue weighted by Gasteiger charge is 2.24. The highest BCUT2D eigenvalue weighted by Crippen LogP contribution is 2.34. The molecule has 0 spiro atoms. The van der Waals surface area contributed by atoms with E-state index in [2.05, 4.69) is 17.9 Å². The van der Waals surface area contributed by atoms with E-state index in [1.165, 1.54) is 11.3 Å². The molecule has 0 N–H and O–H groups in total. The summed E-state index contributed by atoms with van der Waals surface area (Å²) in [7, 11) is 0. The topological polar surface area (TPSA) is 48.0 Å². The molecule has 5 nitrogen and oxygen atoms in total. The first-order valence-corrected chi connectivity index (χ1v) is 10.3. The van der Waals surface area contributed by atoms with Gasteiger partial charge in [-0.25, -0.2) is 4.79 Å². The molecule has 0 saturated carbocycles. The average molecular weight is 400 g/mol. The van der Waals surface area contributed by atoms with Crippen LogP contribution < -0.4 is 0 Å². The Balaban J connectivity index is 1.35. The van der Waals surface area contributed by atoms with Crippen molar-refractivity contribution in [2.75, 3.05) is 46.1 Å². The molecule has 1 saturated heterocycles. The maximum absolute atomic E-state index is 12.1. The van der Waals surface area contributed by atoms with E-state index in [-0.39, 0.29) is 5.97 Å². The predicted octanol–water partition coefficient (Wildman–Crippen LogP) is 3.53. The summed E-state index contributed by atoms with van der Waals surface area (Å²) in [5.74, 6) is 0.569. The Kier molecular flexibility index (Phi) is 7.52. The van der Waals surface area contributed by atoms with E-state index in [0.29, 0.717) is 36.5 Å². The summed E-state index contributed by atoms with van der Waals surface area (Å²) in [6.45, 7) is 7.82. The van der Waals surface area contributed by atoms with E-state index < -0.39 is 0 Å². The number of thiophene rings is 1. The molecule has 1 fully saturated rings. The van der Waals surface area contributed by atoms with Gasteiger partial charge in [0.1, 0.15) is 11.5 Å². The molecule has 3 rings (SSSR count). The van der Waals surface area contributed by atoms with Gasteiger partial charge in [-0.2, -0.15) is 0 Å². The van der Waals surface area contributed by atoms with Crippen LogP contribution >= 0.6 is 22.9 Å². The fraction of sp³-hybridized carbons (Fsp3) is 0.632. The maximum Gasteiger partial charge on any atom is 0.348 e. The van der Waals surface area contributed by atoms with Crippen LogP contribution in [0.15, 0.2) is 23.2 Å². The molecule has 1 aliphatic heterocycles. The van der Waals surface area contributed by atoms with Gasteiger partial charge in [0.05, 0.1) is 26.4 Å². The smallest absolute Gasteiger partial charge is 0.348 e. The van der Waals surface area contributed by atoms with Crippen LogP contribution in [0.4, 0.5) is 0 Å². The highest BCUT2D eigenvalue weighted by molar-refractivity contribution is 7.13. The molecule has 26 heavy (non-hydrogen) atoms. The molecule has 2 atom stereocenters. The molecule has 1 aromatic rings. The molecular formula is C19H26ClNO4S. The van der Waals surface area contributed by atoms with Crippen molar-refractivity contribution in [2.45, 2.75) is 20.0 Å². The normalized spacial score (nSPS) is 23.8. The summed E-state index contributed by atoms with van der Waals surface area (Å²) in [5, 5.41) is 0.942. The number of carbonyl (C=O) groups is 1. The van der Waals surface area contributed by atoms with Crippen LogP contribution in [0.2, 0.25) is 0 Å². The third-order valence-corrected chi connectivity index (χ3v) is 6.48. The number of nitrogens with zero attached hydrogens (tertiary/aromatic N) is 1. The second-order valence-electron chi connectivity index (χ2n) is 6.74. The summed E-state index contributed by atoms with van der Waals surface area (Å²) < 4.78 is 16.5. The lowest BCUT2D eigenvalue weighted by molar-refractivity contribution is 0.0197. The monoisotopic (exact) mass is 399 g/mol. The maximum atomic E-state index is 12.1. The van der Waals surface area contributed by atoms with Gasteiger partial charge in [0.2, 0.25) is 0 Å². The Morgan fingerprint density at radius 3 is 2.92 bits per heavy atom. The third-order valence-electron chi connectivity index (χ3n) is 4.94. The number of morpholine rings is 1. The minimum Gasteiger partial charge on any atom is -0.460 e. The number of hydrogen-bond donors (Lipinski definition) is 0. The van der Waals surface area contributed by atoms with Gasteiger partial charge in [-0.05, 0) is 30.4 Å². The van der Waals surface area contributed by atoms with Crippen LogP contribution in [-0.4, -0.2) is 56.9 Å². The van der Waals surface area contributed by atoms with Crippen LogP contribution in [0.5, 0.6) is 0 Å². The van der Waals surface area contributed by atoms with Gasteiger partial charge >= 0.3 is 5.97 Å². The van der Waals surface area contributed by atoms with Gasteiger partial charge in [-0.15, -0.1) is 11.3 Å². The van der Waals surface area contributed by atoms with Crippen molar-refractivity contribution in [3.63, 3.8) is 0 Å². The van der Waals surface area contributed by atoms with Crippen molar-refractivity contribution in [1.82, 2.24) is 4.90 Å². The molecule has 0 amide bonds. The largest absolute Gasteiger partial charge is 0.460 e. The van der Waals surface area contributed by atoms with Gasteiger partial charge in [0, 0.05) is 29.5 Å². The molecule has 1 aromatic heterocycles. The zero-order valence-corrected chi connectivity index (χ0v) is 16.7. The molecule has 0 bridgehead atoms. The van der Waals surface area contributed by atoms with Crippen molar-refractivity contribution in [2.24, 2.45) is 11.8 Å². The Labute approximate surface area is 163 Å². The number of hydrogen-bond acceptors (Lipinski definition) is 6. The zero-order chi connectivity index (χ0) is 18.4. The van der Waals surface area contributed by atoms with E-state index in [1.54, 1.807) is 0 Å². The number of ether oxygens (including phenoxy) is 3. The van der Waals surface area contributed by atoms with Crippen LogP contribution in [0, 0.1) is 11.8 Å². The Morgan fingerprint density at radius 1 is 1.38 bits per heavy atom. The van der Waals surface area contributed by atoms with E-state index >= 15 is 0 Å². The van der Waals surface area contributed by atoms with Crippen molar-refractivity contribution >= 4 is 28.9 Å². The van der Waals surface area contributed by atoms with Gasteiger partial charge < -0.3 is 14.2 Å². The van der Waals surface area contributed by atoms with Crippen LogP contribution in [-0.2, 0) is 20.8 Å². The molecule has 1 unspecified atom stereocenters. The molecular weight excluding hydrogens is 374 g/mol. The molecule has 2 aliphatic rings. The SMILES string of the molecule is CC1C(Cl)=CC[C@@H]1COCc1ccc(C(=O)OCCN2CCOCC2)s1. The first-order valence-electron chi connectivity index (χ1n) is 9.12. The van der Waals surface area contributed by atoms with Crippen molar-refractivity contribution in [1.29, 1.82) is 0 Å². The second-order valence-corrected chi connectivity index (χ2v) is 8.35. The van der Waals surface area contributed by atoms with Gasteiger partial charge in [0.15, 0.2) is 0 Å². The third kappa shape index (κ3) is 5.54. The molecule has 2 heterocycles. The molecule has 0 radical (unpaired) electrons. The fourth-order valence-corrected chi connectivity index (χ4v) is 4.24. The summed E-state index contributed by atoms with van der Waals surface area (Å²) >= 11 is 7.57. The van der Waals surface area contributed by atoms with E-state index in [0.717, 1.165) is 49.2 Å². The first-order chi connectivity index (χ1) is 12.6. The van der Waals surface area contributed by atoms with E-state index in [9.17, 15) is 4.79 Å². The highest BCUT2D eigenvalue weighted by atomic mass is 35.5. The van der Waals surface area contributed by atoms with E-state index in [1.807, 2.05) is 12.1 Å². The van der Waals surface area contributed by atoms with Gasteiger partial charge in [-0.1, -0.05) is 24.6 Å². The van der Waals surface area contributed by atoms with E-state index in [4.69, 9.17) is 25.8 Å². The minimum atomic E-state index is -0.255. The quantitative estimate of drug-likeness (QED) is 0.626. The van der Waals surface area contributed by atoms with Crippen molar-refractivity contribution in [3.8, 4) is 0 Å². The zero-order valence-electron chi connectivity index (χ0n) is 15.1. The standard InChI is InChI=1S/C19H26ClNO4S/c1-14-15(2-4-17(14)20)12-24-13-16-3-5-18(26-16)19(22)25-11-8-21-6-9-23-10-7-21/h3-5,14-15H,2,6-13H2,1H3/t14?,15-/m1/s1. The molecule has 7 heteroatoms. The number of allylic oxidation sites excluding steroid dienone is 2. The number of halogens is 1. The number of carbonyl (C=O) groups excluding carboxylic acids is 1. The number of esters is 1. The summed E-state index contributed by atoms with van der Waals surface area (Å²) in [6.07, 6.45) is 3.06. The predicted molar refractivity (Wildman–Crippen MR) is 103 cm³/mol. The molecule has 1 aliphatic carbocycles. The lowest BCUT2D eigenvalue weighted by Crippen LogP contribution is -2.38. The van der Waals surface area contributed by atoms with Crippen LogP contribution in [0.3, 0.4) is 0 Å². The molecule has 144 valence electrons. The summed E-state index contributed by atoms with van der Waals surface area (Å²) in [4.78, 5) is 16.1. The lowest BCUT2D eigenvalue weighted by atomic mass is 9.99. The summed E-state index contributed by atoms with van der Waals surface area (Å²) in [6, 6.07) is 3.75. The van der Waals surface area contributed by atoms with Gasteiger partial charge in [-0.3, -0.25) is 4.90 Å². The minimum absolute atomic E-state index is 0.255. The molecule has 0 aromatic carbocycles. The van der Waals surface area contributed by atoms with Crippen LogP contribution in [0.1, 0.15) is 27.9 Å². The lowest BCUT2D eigenvalue weighted by Gasteiger charge is -2.26. The van der Waals surface area contributed by atoms with Gasteiger partial charge in [0.25, 0.3) is 0 Å².